The van der Waals surface area contributed by atoms with E-state index in [9.17, 15) is 13.9 Å². The molecule has 1 fully saturated rings. The van der Waals surface area contributed by atoms with E-state index in [0.717, 1.165) is 38.3 Å². The second-order valence-electron chi connectivity index (χ2n) is 5.75. The van der Waals surface area contributed by atoms with Crippen molar-refractivity contribution in [3.8, 4) is 5.75 Å². The van der Waals surface area contributed by atoms with E-state index in [1.807, 2.05) is 0 Å². The van der Waals surface area contributed by atoms with Gasteiger partial charge < -0.3 is 15.2 Å². The Balaban J connectivity index is 2.05. The van der Waals surface area contributed by atoms with Gasteiger partial charge in [0.25, 0.3) is 0 Å². The normalized spacial score (nSPS) is 25.8. The number of halogens is 2. The Labute approximate surface area is 124 Å². The van der Waals surface area contributed by atoms with Crippen LogP contribution in [0.1, 0.15) is 39.0 Å². The van der Waals surface area contributed by atoms with Gasteiger partial charge in [0, 0.05) is 12.0 Å². The van der Waals surface area contributed by atoms with Crippen molar-refractivity contribution < 1.29 is 18.6 Å². The molecule has 2 atom stereocenters. The van der Waals surface area contributed by atoms with Crippen molar-refractivity contribution in [3.63, 3.8) is 0 Å². The molecule has 1 aliphatic rings. The molecule has 5 heteroatoms. The Morgan fingerprint density at radius 1 is 1.43 bits per heavy atom. The summed E-state index contributed by atoms with van der Waals surface area (Å²) < 4.78 is 32.5. The highest BCUT2D eigenvalue weighted by atomic mass is 19.2. The van der Waals surface area contributed by atoms with Crippen molar-refractivity contribution in [2.45, 2.75) is 50.7 Å². The van der Waals surface area contributed by atoms with Gasteiger partial charge in [0.15, 0.2) is 11.6 Å². The maximum atomic E-state index is 13.7. The molecule has 0 spiro atoms. The van der Waals surface area contributed by atoms with Crippen molar-refractivity contribution >= 4 is 0 Å². The first kappa shape index (κ1) is 16.2. The first-order chi connectivity index (χ1) is 10.1. The molecule has 0 aliphatic heterocycles. The molecular weight excluding hydrogens is 276 g/mol. The van der Waals surface area contributed by atoms with E-state index in [4.69, 9.17) is 4.74 Å². The van der Waals surface area contributed by atoms with E-state index in [1.165, 1.54) is 12.1 Å². The van der Waals surface area contributed by atoms with Crippen LogP contribution in [0.15, 0.2) is 18.2 Å². The molecule has 0 heterocycles. The number of nitrogens with one attached hydrogen (secondary N) is 1. The van der Waals surface area contributed by atoms with E-state index in [-0.39, 0.29) is 24.0 Å². The lowest BCUT2D eigenvalue weighted by molar-refractivity contribution is 0.0489. The lowest BCUT2D eigenvalue weighted by Gasteiger charge is -2.40. The highest BCUT2D eigenvalue weighted by Gasteiger charge is 2.36. The van der Waals surface area contributed by atoms with Gasteiger partial charge in [-0.25, -0.2) is 4.39 Å². The van der Waals surface area contributed by atoms with Gasteiger partial charge in [-0.2, -0.15) is 4.39 Å². The molecule has 3 nitrogen and oxygen atoms in total. The number of ether oxygens (including phenoxy) is 1. The summed E-state index contributed by atoms with van der Waals surface area (Å²) in [5.74, 6) is -1.90. The summed E-state index contributed by atoms with van der Waals surface area (Å²) in [6.45, 7) is 2.91. The molecule has 0 amide bonds. The first-order valence-electron chi connectivity index (χ1n) is 7.57. The van der Waals surface area contributed by atoms with Crippen LogP contribution in [0, 0.1) is 11.6 Å². The zero-order valence-corrected chi connectivity index (χ0v) is 12.4. The average molecular weight is 299 g/mol. The molecule has 21 heavy (non-hydrogen) atoms. The average Bonchev–Trinajstić information content (AvgIpc) is 2.50. The zero-order valence-electron chi connectivity index (χ0n) is 12.4. The molecule has 1 aliphatic carbocycles. The highest BCUT2D eigenvalue weighted by Crippen LogP contribution is 2.32. The maximum absolute atomic E-state index is 13.7. The number of rotatable bonds is 6. The van der Waals surface area contributed by atoms with Gasteiger partial charge in [-0.1, -0.05) is 13.0 Å². The molecule has 0 bridgehead atoms. The molecule has 1 aromatic rings. The fraction of sp³-hybridized carbons (Fsp3) is 0.625. The van der Waals surface area contributed by atoms with Crippen molar-refractivity contribution in [3.05, 3.63) is 29.8 Å². The maximum Gasteiger partial charge on any atom is 0.200 e. The van der Waals surface area contributed by atoms with E-state index in [0.29, 0.717) is 6.42 Å². The van der Waals surface area contributed by atoms with Crippen LogP contribution in [0.4, 0.5) is 8.78 Å². The summed E-state index contributed by atoms with van der Waals surface area (Å²) in [7, 11) is 0. The Kier molecular flexibility index (Phi) is 5.53. The van der Waals surface area contributed by atoms with Gasteiger partial charge in [0.1, 0.15) is 6.10 Å². The number of aliphatic hydroxyl groups is 1. The van der Waals surface area contributed by atoms with Crippen LogP contribution in [0.25, 0.3) is 0 Å². The Morgan fingerprint density at radius 2 is 2.24 bits per heavy atom. The molecule has 118 valence electrons. The van der Waals surface area contributed by atoms with Crippen LogP contribution in [0.2, 0.25) is 0 Å². The second kappa shape index (κ2) is 7.18. The highest BCUT2D eigenvalue weighted by molar-refractivity contribution is 5.25. The van der Waals surface area contributed by atoms with Crippen molar-refractivity contribution in [1.82, 2.24) is 5.32 Å². The predicted octanol–water partition coefficient (Wildman–Crippen LogP) is 3.02. The smallest absolute Gasteiger partial charge is 0.200 e. The molecule has 0 aromatic heterocycles. The summed E-state index contributed by atoms with van der Waals surface area (Å²) in [6.07, 6.45) is 3.90. The summed E-state index contributed by atoms with van der Waals surface area (Å²) in [5.41, 5.74) is -0.372. The number of hydrogen-bond donors (Lipinski definition) is 2. The lowest BCUT2D eigenvalue weighted by Crippen LogP contribution is -2.53. The molecule has 2 unspecified atom stereocenters. The third kappa shape index (κ3) is 3.92. The number of hydrogen-bond acceptors (Lipinski definition) is 3. The van der Waals surface area contributed by atoms with Crippen LogP contribution in [0.5, 0.6) is 5.75 Å². The molecule has 0 saturated heterocycles. The van der Waals surface area contributed by atoms with Gasteiger partial charge in [-0.3, -0.25) is 0 Å². The predicted molar refractivity (Wildman–Crippen MR) is 77.4 cm³/mol. The van der Waals surface area contributed by atoms with Gasteiger partial charge in [0.05, 0.1) is 6.61 Å². The summed E-state index contributed by atoms with van der Waals surface area (Å²) in [5, 5.41) is 13.1. The fourth-order valence-electron chi connectivity index (χ4n) is 2.91. The van der Waals surface area contributed by atoms with Crippen molar-refractivity contribution in [2.75, 3.05) is 13.2 Å². The van der Waals surface area contributed by atoms with E-state index in [2.05, 4.69) is 12.2 Å². The number of benzene rings is 1. The standard InChI is InChI=1S/C16H23F2NO2/c1-2-9-19-16(11-20)8-4-5-12(10-16)21-14-7-3-6-13(17)15(14)18/h3,6-7,12,19-20H,2,4-5,8-11H2,1H3. The van der Waals surface area contributed by atoms with E-state index in [1.54, 1.807) is 0 Å². The van der Waals surface area contributed by atoms with Crippen LogP contribution in [0.3, 0.4) is 0 Å². The Bertz CT molecular complexity index is 470. The molecule has 0 radical (unpaired) electrons. The van der Waals surface area contributed by atoms with Crippen LogP contribution < -0.4 is 10.1 Å². The van der Waals surface area contributed by atoms with Crippen LogP contribution >= 0.6 is 0 Å². The zero-order chi connectivity index (χ0) is 15.3. The lowest BCUT2D eigenvalue weighted by atomic mass is 9.80. The summed E-state index contributed by atoms with van der Waals surface area (Å²) in [4.78, 5) is 0. The molecule has 2 rings (SSSR count). The van der Waals surface area contributed by atoms with E-state index < -0.39 is 11.6 Å². The fourth-order valence-corrected chi connectivity index (χ4v) is 2.91. The third-order valence-electron chi connectivity index (χ3n) is 4.06. The van der Waals surface area contributed by atoms with Crippen molar-refractivity contribution in [1.29, 1.82) is 0 Å². The molecule has 1 aromatic carbocycles. The van der Waals surface area contributed by atoms with Gasteiger partial charge in [-0.05, 0) is 44.4 Å². The third-order valence-corrected chi connectivity index (χ3v) is 4.06. The SMILES string of the molecule is CCCNC1(CO)CCCC(Oc2cccc(F)c2F)C1. The number of aliphatic hydroxyl groups excluding tert-OH is 1. The molecule has 2 N–H and O–H groups in total. The molecule has 1 saturated carbocycles. The molecular formula is C16H23F2NO2. The second-order valence-corrected chi connectivity index (χ2v) is 5.75. The largest absolute Gasteiger partial charge is 0.487 e. The van der Waals surface area contributed by atoms with Gasteiger partial charge in [0.2, 0.25) is 5.82 Å². The van der Waals surface area contributed by atoms with Crippen LogP contribution in [-0.4, -0.2) is 29.9 Å². The minimum absolute atomic E-state index is 0.0263. The minimum Gasteiger partial charge on any atom is -0.487 e. The summed E-state index contributed by atoms with van der Waals surface area (Å²) in [6, 6.07) is 3.95. The Hall–Kier alpha value is -1.20. The van der Waals surface area contributed by atoms with Gasteiger partial charge >= 0.3 is 0 Å². The quantitative estimate of drug-likeness (QED) is 0.848. The monoisotopic (exact) mass is 299 g/mol. The Morgan fingerprint density at radius 3 is 2.95 bits per heavy atom. The van der Waals surface area contributed by atoms with Gasteiger partial charge in [-0.15, -0.1) is 0 Å². The first-order valence-corrected chi connectivity index (χ1v) is 7.57. The van der Waals surface area contributed by atoms with E-state index >= 15 is 0 Å². The van der Waals surface area contributed by atoms with Crippen LogP contribution in [-0.2, 0) is 0 Å². The summed E-state index contributed by atoms with van der Waals surface area (Å²) >= 11 is 0. The minimum atomic E-state index is -0.945. The topological polar surface area (TPSA) is 41.5 Å². The van der Waals surface area contributed by atoms with Crippen molar-refractivity contribution in [2.24, 2.45) is 0 Å².